The SMILES string of the molecule is CC(C)NCC1CCCCN1Cc1cccc(Br)c1. The lowest BCUT2D eigenvalue weighted by molar-refractivity contribution is 0.135. The Labute approximate surface area is 125 Å². The molecule has 1 fully saturated rings. The van der Waals surface area contributed by atoms with Crippen molar-refractivity contribution in [3.63, 3.8) is 0 Å². The third-order valence-electron chi connectivity index (χ3n) is 3.79. The van der Waals surface area contributed by atoms with Crippen molar-refractivity contribution in [2.24, 2.45) is 0 Å². The molecule has 3 heteroatoms. The fourth-order valence-electron chi connectivity index (χ4n) is 2.74. The van der Waals surface area contributed by atoms with Crippen molar-refractivity contribution in [3.8, 4) is 0 Å². The summed E-state index contributed by atoms with van der Waals surface area (Å²) < 4.78 is 1.18. The number of piperidine rings is 1. The minimum Gasteiger partial charge on any atom is -0.313 e. The van der Waals surface area contributed by atoms with E-state index in [9.17, 15) is 0 Å². The van der Waals surface area contributed by atoms with E-state index in [2.05, 4.69) is 64.3 Å². The summed E-state index contributed by atoms with van der Waals surface area (Å²) in [6.07, 6.45) is 4.04. The number of hydrogen-bond donors (Lipinski definition) is 1. The van der Waals surface area contributed by atoms with E-state index >= 15 is 0 Å². The van der Waals surface area contributed by atoms with Gasteiger partial charge < -0.3 is 5.32 Å². The summed E-state index contributed by atoms with van der Waals surface area (Å²) >= 11 is 3.56. The van der Waals surface area contributed by atoms with Crippen LogP contribution in [0.1, 0.15) is 38.7 Å². The molecule has 1 saturated heterocycles. The van der Waals surface area contributed by atoms with E-state index in [1.807, 2.05) is 0 Å². The van der Waals surface area contributed by atoms with Gasteiger partial charge in [0.15, 0.2) is 0 Å². The van der Waals surface area contributed by atoms with Crippen LogP contribution >= 0.6 is 15.9 Å². The molecule has 0 saturated carbocycles. The molecule has 106 valence electrons. The molecule has 19 heavy (non-hydrogen) atoms. The van der Waals surface area contributed by atoms with Gasteiger partial charge in [-0.05, 0) is 37.1 Å². The largest absolute Gasteiger partial charge is 0.313 e. The smallest absolute Gasteiger partial charge is 0.0237 e. The predicted molar refractivity (Wildman–Crippen MR) is 85.3 cm³/mol. The number of halogens is 1. The number of nitrogens with one attached hydrogen (secondary N) is 1. The van der Waals surface area contributed by atoms with Crippen LogP contribution in [-0.2, 0) is 6.54 Å². The van der Waals surface area contributed by atoms with Gasteiger partial charge in [-0.15, -0.1) is 0 Å². The molecule has 1 aliphatic heterocycles. The first kappa shape index (κ1) is 15.0. The van der Waals surface area contributed by atoms with Crippen molar-refractivity contribution >= 4 is 15.9 Å². The predicted octanol–water partition coefficient (Wildman–Crippen LogP) is 3.80. The normalized spacial score (nSPS) is 20.9. The van der Waals surface area contributed by atoms with E-state index in [1.54, 1.807) is 0 Å². The van der Waals surface area contributed by atoms with Crippen LogP contribution in [0.3, 0.4) is 0 Å². The second-order valence-electron chi connectivity index (χ2n) is 5.81. The average molecular weight is 325 g/mol. The highest BCUT2D eigenvalue weighted by molar-refractivity contribution is 9.10. The summed E-state index contributed by atoms with van der Waals surface area (Å²) in [6, 6.07) is 9.96. The van der Waals surface area contributed by atoms with E-state index in [0.29, 0.717) is 12.1 Å². The number of hydrogen-bond acceptors (Lipinski definition) is 2. The summed E-state index contributed by atoms with van der Waals surface area (Å²) in [5.74, 6) is 0. The quantitative estimate of drug-likeness (QED) is 0.886. The summed E-state index contributed by atoms with van der Waals surface area (Å²) in [6.45, 7) is 7.87. The maximum atomic E-state index is 3.59. The Morgan fingerprint density at radius 2 is 2.21 bits per heavy atom. The Morgan fingerprint density at radius 3 is 2.95 bits per heavy atom. The zero-order chi connectivity index (χ0) is 13.7. The number of likely N-dealkylation sites (tertiary alicyclic amines) is 1. The fraction of sp³-hybridized carbons (Fsp3) is 0.625. The van der Waals surface area contributed by atoms with Gasteiger partial charge in [0.1, 0.15) is 0 Å². The van der Waals surface area contributed by atoms with Gasteiger partial charge in [0.25, 0.3) is 0 Å². The van der Waals surface area contributed by atoms with Gasteiger partial charge in [-0.25, -0.2) is 0 Å². The monoisotopic (exact) mass is 324 g/mol. The van der Waals surface area contributed by atoms with Crippen molar-refractivity contribution in [1.82, 2.24) is 10.2 Å². The van der Waals surface area contributed by atoms with Crippen LogP contribution in [0, 0.1) is 0 Å². The van der Waals surface area contributed by atoms with Crippen LogP contribution < -0.4 is 5.32 Å². The summed E-state index contributed by atoms with van der Waals surface area (Å²) in [7, 11) is 0. The van der Waals surface area contributed by atoms with Crippen LogP contribution in [0.15, 0.2) is 28.7 Å². The van der Waals surface area contributed by atoms with Crippen molar-refractivity contribution in [3.05, 3.63) is 34.3 Å². The molecule has 1 aromatic rings. The number of nitrogens with zero attached hydrogens (tertiary/aromatic N) is 1. The number of rotatable bonds is 5. The lowest BCUT2D eigenvalue weighted by Crippen LogP contribution is -2.46. The van der Waals surface area contributed by atoms with Crippen LogP contribution in [-0.4, -0.2) is 30.1 Å². The minimum atomic E-state index is 0.578. The van der Waals surface area contributed by atoms with E-state index < -0.39 is 0 Å². The van der Waals surface area contributed by atoms with Crippen LogP contribution in [0.5, 0.6) is 0 Å². The summed E-state index contributed by atoms with van der Waals surface area (Å²) in [5.41, 5.74) is 1.41. The van der Waals surface area contributed by atoms with E-state index in [-0.39, 0.29) is 0 Å². The molecule has 0 aliphatic carbocycles. The third kappa shape index (κ3) is 4.90. The van der Waals surface area contributed by atoms with Gasteiger partial charge in [0.2, 0.25) is 0 Å². The Bertz CT molecular complexity index is 392. The second kappa shape index (κ2) is 7.41. The molecule has 1 unspecified atom stereocenters. The van der Waals surface area contributed by atoms with Gasteiger partial charge in [-0.3, -0.25) is 4.90 Å². The Kier molecular flexibility index (Phi) is 5.86. The van der Waals surface area contributed by atoms with E-state index in [4.69, 9.17) is 0 Å². The fourth-order valence-corrected chi connectivity index (χ4v) is 3.19. The Balaban J connectivity index is 1.95. The van der Waals surface area contributed by atoms with Gasteiger partial charge in [-0.1, -0.05) is 48.3 Å². The maximum absolute atomic E-state index is 3.59. The molecule has 0 spiro atoms. The molecule has 2 rings (SSSR count). The Morgan fingerprint density at radius 1 is 1.37 bits per heavy atom. The van der Waals surface area contributed by atoms with Gasteiger partial charge in [0, 0.05) is 29.6 Å². The van der Waals surface area contributed by atoms with Crippen molar-refractivity contribution in [2.75, 3.05) is 13.1 Å². The number of benzene rings is 1. The average Bonchev–Trinajstić information content (AvgIpc) is 2.38. The summed E-state index contributed by atoms with van der Waals surface area (Å²) in [4.78, 5) is 2.64. The molecule has 1 aromatic carbocycles. The van der Waals surface area contributed by atoms with Crippen molar-refractivity contribution < 1.29 is 0 Å². The van der Waals surface area contributed by atoms with Crippen LogP contribution in [0.4, 0.5) is 0 Å². The molecule has 2 nitrogen and oxygen atoms in total. The van der Waals surface area contributed by atoms with Crippen molar-refractivity contribution in [1.29, 1.82) is 0 Å². The van der Waals surface area contributed by atoms with Gasteiger partial charge in [0.05, 0.1) is 0 Å². The molecule has 0 bridgehead atoms. The first-order valence-electron chi connectivity index (χ1n) is 7.37. The molecule has 1 atom stereocenters. The molecule has 1 N–H and O–H groups in total. The molecule has 1 heterocycles. The molecule has 0 amide bonds. The first-order chi connectivity index (χ1) is 9.15. The van der Waals surface area contributed by atoms with Crippen molar-refractivity contribution in [2.45, 2.75) is 51.7 Å². The lowest BCUT2D eigenvalue weighted by atomic mass is 10.0. The molecule has 0 aromatic heterocycles. The lowest BCUT2D eigenvalue weighted by Gasteiger charge is -2.36. The highest BCUT2D eigenvalue weighted by Gasteiger charge is 2.22. The summed E-state index contributed by atoms with van der Waals surface area (Å²) in [5, 5.41) is 3.59. The topological polar surface area (TPSA) is 15.3 Å². The van der Waals surface area contributed by atoms with E-state index in [1.165, 1.54) is 35.8 Å². The second-order valence-corrected chi connectivity index (χ2v) is 6.73. The minimum absolute atomic E-state index is 0.578. The highest BCUT2D eigenvalue weighted by atomic mass is 79.9. The third-order valence-corrected chi connectivity index (χ3v) is 4.28. The van der Waals surface area contributed by atoms with Crippen LogP contribution in [0.25, 0.3) is 0 Å². The standard InChI is InChI=1S/C16H25BrN2/c1-13(2)18-11-16-8-3-4-9-19(16)12-14-6-5-7-15(17)10-14/h5-7,10,13,16,18H,3-4,8-9,11-12H2,1-2H3. The molecular weight excluding hydrogens is 300 g/mol. The first-order valence-corrected chi connectivity index (χ1v) is 8.16. The van der Waals surface area contributed by atoms with Gasteiger partial charge in [-0.2, -0.15) is 0 Å². The molecular formula is C16H25BrN2. The van der Waals surface area contributed by atoms with E-state index in [0.717, 1.165) is 13.1 Å². The molecule has 0 radical (unpaired) electrons. The van der Waals surface area contributed by atoms with Crippen LogP contribution in [0.2, 0.25) is 0 Å². The zero-order valence-corrected chi connectivity index (χ0v) is 13.6. The zero-order valence-electron chi connectivity index (χ0n) is 12.0. The van der Waals surface area contributed by atoms with Gasteiger partial charge >= 0.3 is 0 Å². The molecule has 1 aliphatic rings. The highest BCUT2D eigenvalue weighted by Crippen LogP contribution is 2.20. The maximum Gasteiger partial charge on any atom is 0.0237 e. The Hall–Kier alpha value is -0.380.